The first-order chi connectivity index (χ1) is 22.5. The fourth-order valence-corrected chi connectivity index (χ4v) is 5.74. The summed E-state index contributed by atoms with van der Waals surface area (Å²) in [5.41, 5.74) is 4.78. The first kappa shape index (κ1) is 30.3. The molecule has 1 aliphatic rings. The number of carbonyl (C=O) groups excluding carboxylic acids is 1. The van der Waals surface area contributed by atoms with Crippen LogP contribution in [0.25, 0.3) is 22.4 Å². The Kier molecular flexibility index (Phi) is 9.15. The number of ether oxygens (including phenoxy) is 1. The minimum atomic E-state index is -0.176. The number of nitrogens with one attached hydrogen (secondary N) is 2. The van der Waals surface area contributed by atoms with Crippen molar-refractivity contribution in [1.82, 2.24) is 35.0 Å². The molecule has 0 atom stereocenters. The van der Waals surface area contributed by atoms with Crippen LogP contribution in [0, 0.1) is 12.3 Å². The third-order valence-corrected chi connectivity index (χ3v) is 8.10. The van der Waals surface area contributed by atoms with Crippen LogP contribution in [-0.2, 0) is 13.6 Å². The Morgan fingerprint density at radius 3 is 2.52 bits per heavy atom. The summed E-state index contributed by atoms with van der Waals surface area (Å²) in [5.74, 6) is 4.20. The number of hydrogen-bond donors (Lipinski definition) is 2. The van der Waals surface area contributed by atoms with Crippen LogP contribution < -0.4 is 20.3 Å². The van der Waals surface area contributed by atoms with Gasteiger partial charge in [-0.05, 0) is 55.5 Å². The van der Waals surface area contributed by atoms with E-state index in [1.54, 1.807) is 41.5 Å². The second-order valence-corrected chi connectivity index (χ2v) is 11.1. The second kappa shape index (κ2) is 13.9. The number of rotatable bonds is 9. The average Bonchev–Trinajstić information content (AvgIpc) is 3.55. The number of terminal acetylenes is 1. The lowest BCUT2D eigenvalue weighted by atomic mass is 9.90. The number of aryl methyl sites for hydroxylation is 1. The number of urea groups is 1. The summed E-state index contributed by atoms with van der Waals surface area (Å²) in [6, 6.07) is 17.4. The predicted octanol–water partition coefficient (Wildman–Crippen LogP) is 5.46. The summed E-state index contributed by atoms with van der Waals surface area (Å²) in [6.45, 7) is 0.426. The summed E-state index contributed by atoms with van der Waals surface area (Å²) < 4.78 is 7.20. The molecule has 0 aliphatic heterocycles. The van der Waals surface area contributed by atoms with Crippen molar-refractivity contribution in [3.8, 4) is 40.6 Å². The van der Waals surface area contributed by atoms with Crippen LogP contribution in [-0.4, -0.2) is 54.9 Å². The van der Waals surface area contributed by atoms with E-state index in [1.807, 2.05) is 67.8 Å². The molecule has 0 bridgehead atoms. The maximum absolute atomic E-state index is 13.7. The normalized spacial score (nSPS) is 15.8. The lowest BCUT2D eigenvalue weighted by Crippen LogP contribution is -2.49. The van der Waals surface area contributed by atoms with Crippen molar-refractivity contribution in [2.24, 2.45) is 7.05 Å². The Labute approximate surface area is 268 Å². The molecule has 5 aromatic rings. The SMILES string of the molecule is C#Cc1cnc(NC2CCC(N(C(=O)NCc3ccccc3)c3ccc(-c4cnn(C)c4)cn3)CC2)nc1-c1cccnc1OC. The zero-order valence-corrected chi connectivity index (χ0v) is 25.8. The van der Waals surface area contributed by atoms with Crippen molar-refractivity contribution in [2.45, 2.75) is 44.3 Å². The van der Waals surface area contributed by atoms with E-state index in [9.17, 15) is 4.79 Å². The standard InChI is InChI=1S/C35H35N9O2/c1-4-25-20-38-34(42-32(25)30-11-8-18-36-33(30)46-3)41-28-13-15-29(16-14-28)44(35(45)39-19-24-9-6-5-7-10-24)31-17-12-26(21-37-31)27-22-40-43(2)23-27/h1,5-12,17-18,20-23,28-29H,13-16,19H2,2-3H3,(H,39,45)(H,38,41,42). The Balaban J connectivity index is 1.18. The third-order valence-electron chi connectivity index (χ3n) is 8.10. The van der Waals surface area contributed by atoms with Crippen molar-refractivity contribution in [3.63, 3.8) is 0 Å². The molecule has 11 heteroatoms. The average molecular weight is 614 g/mol. The summed E-state index contributed by atoms with van der Waals surface area (Å²) in [5, 5.41) is 10.9. The molecule has 0 saturated heterocycles. The van der Waals surface area contributed by atoms with Gasteiger partial charge in [0.15, 0.2) is 0 Å². The van der Waals surface area contributed by atoms with Gasteiger partial charge in [-0.2, -0.15) is 5.10 Å². The Morgan fingerprint density at radius 1 is 1.00 bits per heavy atom. The third kappa shape index (κ3) is 6.81. The number of aromatic nitrogens is 6. The maximum Gasteiger partial charge on any atom is 0.323 e. The van der Waals surface area contributed by atoms with Crippen LogP contribution in [0.1, 0.15) is 36.8 Å². The zero-order valence-electron chi connectivity index (χ0n) is 25.8. The Bertz CT molecular complexity index is 1830. The summed E-state index contributed by atoms with van der Waals surface area (Å²) in [6.07, 6.45) is 17.8. The minimum absolute atomic E-state index is 0.0366. The number of pyridine rings is 2. The topological polar surface area (TPSA) is 123 Å². The highest BCUT2D eigenvalue weighted by molar-refractivity contribution is 5.91. The van der Waals surface area contributed by atoms with Gasteiger partial charge in [0.05, 0.1) is 30.1 Å². The summed E-state index contributed by atoms with van der Waals surface area (Å²) in [4.78, 5) is 33.8. The van der Waals surface area contributed by atoms with Crippen LogP contribution >= 0.6 is 0 Å². The van der Waals surface area contributed by atoms with E-state index >= 15 is 0 Å². The van der Waals surface area contributed by atoms with E-state index in [4.69, 9.17) is 21.1 Å². The highest BCUT2D eigenvalue weighted by Crippen LogP contribution is 2.32. The van der Waals surface area contributed by atoms with Crippen molar-refractivity contribution >= 4 is 17.8 Å². The molecule has 4 heterocycles. The molecule has 0 spiro atoms. The van der Waals surface area contributed by atoms with E-state index in [0.717, 1.165) is 42.4 Å². The van der Waals surface area contributed by atoms with Gasteiger partial charge in [0, 0.05) is 61.6 Å². The van der Waals surface area contributed by atoms with Crippen molar-refractivity contribution < 1.29 is 9.53 Å². The molecule has 0 unspecified atom stereocenters. The first-order valence-corrected chi connectivity index (χ1v) is 15.2. The number of anilines is 2. The van der Waals surface area contributed by atoms with Crippen molar-refractivity contribution in [1.29, 1.82) is 0 Å². The molecule has 4 aromatic heterocycles. The number of amides is 2. The largest absolute Gasteiger partial charge is 0.481 e. The highest BCUT2D eigenvalue weighted by Gasteiger charge is 2.31. The van der Waals surface area contributed by atoms with Crippen molar-refractivity contribution in [3.05, 3.63) is 96.7 Å². The Morgan fingerprint density at radius 2 is 1.83 bits per heavy atom. The second-order valence-electron chi connectivity index (χ2n) is 11.1. The van der Waals surface area contributed by atoms with Gasteiger partial charge in [0.25, 0.3) is 0 Å². The molecule has 1 fully saturated rings. The van der Waals surface area contributed by atoms with Gasteiger partial charge in [-0.15, -0.1) is 6.42 Å². The lowest BCUT2D eigenvalue weighted by molar-refractivity contribution is 0.240. The maximum atomic E-state index is 13.7. The lowest BCUT2D eigenvalue weighted by Gasteiger charge is -2.36. The van der Waals surface area contributed by atoms with Gasteiger partial charge in [0.1, 0.15) is 5.82 Å². The molecule has 6 rings (SSSR count). The molecule has 1 aliphatic carbocycles. The summed E-state index contributed by atoms with van der Waals surface area (Å²) in [7, 11) is 3.45. The van der Waals surface area contributed by atoms with Crippen LogP contribution in [0.2, 0.25) is 0 Å². The zero-order chi connectivity index (χ0) is 31.9. The van der Waals surface area contributed by atoms with Crippen molar-refractivity contribution in [2.75, 3.05) is 17.3 Å². The summed E-state index contributed by atoms with van der Waals surface area (Å²) >= 11 is 0. The van der Waals surface area contributed by atoms with Crippen LogP contribution in [0.3, 0.4) is 0 Å². The monoisotopic (exact) mass is 613 g/mol. The van der Waals surface area contributed by atoms with Crippen LogP contribution in [0.15, 0.2) is 85.6 Å². The van der Waals surface area contributed by atoms with Gasteiger partial charge in [-0.1, -0.05) is 36.3 Å². The van der Waals surface area contributed by atoms with E-state index in [-0.39, 0.29) is 18.1 Å². The number of hydrogen-bond acceptors (Lipinski definition) is 8. The molecule has 1 saturated carbocycles. The molecule has 11 nitrogen and oxygen atoms in total. The fourth-order valence-electron chi connectivity index (χ4n) is 5.74. The van der Waals surface area contributed by atoms with Crippen LogP contribution in [0.4, 0.5) is 16.6 Å². The molecular weight excluding hydrogens is 578 g/mol. The molecule has 46 heavy (non-hydrogen) atoms. The molecule has 2 amide bonds. The van der Waals surface area contributed by atoms with Gasteiger partial charge < -0.3 is 15.4 Å². The van der Waals surface area contributed by atoms with Gasteiger partial charge >= 0.3 is 6.03 Å². The number of methoxy groups -OCH3 is 1. The van der Waals surface area contributed by atoms with Gasteiger partial charge in [-0.25, -0.2) is 24.7 Å². The number of carbonyl (C=O) groups is 1. The van der Waals surface area contributed by atoms with E-state index < -0.39 is 0 Å². The van der Waals surface area contributed by atoms with E-state index in [1.165, 1.54) is 0 Å². The molecule has 2 N–H and O–H groups in total. The van der Waals surface area contributed by atoms with E-state index in [0.29, 0.717) is 41.0 Å². The molecule has 0 radical (unpaired) electrons. The fraction of sp³-hybridized carbons (Fsp3) is 0.257. The van der Waals surface area contributed by atoms with E-state index in [2.05, 4.69) is 31.6 Å². The Hall–Kier alpha value is -5.76. The molecule has 232 valence electrons. The molecular formula is C35H35N9O2. The number of benzene rings is 1. The number of nitrogens with zero attached hydrogens (tertiary/aromatic N) is 7. The smallest absolute Gasteiger partial charge is 0.323 e. The van der Waals surface area contributed by atoms with Crippen LogP contribution in [0.5, 0.6) is 5.88 Å². The molecule has 1 aromatic carbocycles. The predicted molar refractivity (Wildman–Crippen MR) is 177 cm³/mol. The minimum Gasteiger partial charge on any atom is -0.481 e. The first-order valence-electron chi connectivity index (χ1n) is 15.2. The van der Waals surface area contributed by atoms with Gasteiger partial charge in [-0.3, -0.25) is 9.58 Å². The quantitative estimate of drug-likeness (QED) is 0.210. The highest BCUT2D eigenvalue weighted by atomic mass is 16.5. The van der Waals surface area contributed by atoms with Gasteiger partial charge in [0.2, 0.25) is 11.8 Å².